The molecule has 0 radical (unpaired) electrons. The predicted molar refractivity (Wildman–Crippen MR) is 87.3 cm³/mol. The zero-order valence-electron chi connectivity index (χ0n) is 12.8. The van der Waals surface area contributed by atoms with Crippen molar-refractivity contribution < 1.29 is 4.79 Å². The molecule has 0 aliphatic carbocycles. The van der Waals surface area contributed by atoms with Gasteiger partial charge in [-0.1, -0.05) is 36.4 Å². The van der Waals surface area contributed by atoms with Gasteiger partial charge in [0.1, 0.15) is 6.04 Å². The van der Waals surface area contributed by atoms with Crippen LogP contribution in [-0.4, -0.2) is 11.9 Å². The number of carbonyl (C=O) groups is 1. The Morgan fingerprint density at radius 3 is 2.29 bits per heavy atom. The number of anilines is 1. The van der Waals surface area contributed by atoms with Crippen molar-refractivity contribution in [3.05, 3.63) is 65.2 Å². The molecule has 1 amide bonds. The molecule has 1 atom stereocenters. The smallest absolute Gasteiger partial charge is 0.242 e. The van der Waals surface area contributed by atoms with Crippen LogP contribution in [0.25, 0.3) is 0 Å². The van der Waals surface area contributed by atoms with E-state index >= 15 is 0 Å². The second-order valence-electron chi connectivity index (χ2n) is 5.45. The van der Waals surface area contributed by atoms with Gasteiger partial charge in [0.15, 0.2) is 0 Å². The first-order chi connectivity index (χ1) is 10.0. The van der Waals surface area contributed by atoms with Crippen LogP contribution >= 0.6 is 0 Å². The largest absolute Gasteiger partial charge is 0.374 e. The third kappa shape index (κ3) is 4.63. The lowest BCUT2D eigenvalue weighted by molar-refractivity contribution is -0.121. The molecule has 2 aromatic carbocycles. The average molecular weight is 282 g/mol. The van der Waals surface area contributed by atoms with Gasteiger partial charge in [-0.2, -0.15) is 0 Å². The van der Waals surface area contributed by atoms with Crippen LogP contribution < -0.4 is 10.6 Å². The Labute approximate surface area is 126 Å². The zero-order valence-corrected chi connectivity index (χ0v) is 12.8. The highest BCUT2D eigenvalue weighted by atomic mass is 16.2. The van der Waals surface area contributed by atoms with Gasteiger partial charge in [0.05, 0.1) is 0 Å². The molecule has 3 heteroatoms. The molecule has 0 bridgehead atoms. The number of aryl methyl sites for hydroxylation is 2. The molecular weight excluding hydrogens is 260 g/mol. The molecule has 3 nitrogen and oxygen atoms in total. The van der Waals surface area contributed by atoms with Gasteiger partial charge in [0.2, 0.25) is 5.91 Å². The van der Waals surface area contributed by atoms with E-state index in [-0.39, 0.29) is 11.9 Å². The summed E-state index contributed by atoms with van der Waals surface area (Å²) >= 11 is 0. The van der Waals surface area contributed by atoms with E-state index in [0.29, 0.717) is 6.54 Å². The topological polar surface area (TPSA) is 41.1 Å². The number of hydrogen-bond acceptors (Lipinski definition) is 2. The van der Waals surface area contributed by atoms with Crippen LogP contribution in [0.3, 0.4) is 0 Å². The van der Waals surface area contributed by atoms with Gasteiger partial charge in [-0.3, -0.25) is 4.79 Å². The molecule has 2 aromatic rings. The van der Waals surface area contributed by atoms with E-state index < -0.39 is 0 Å². The molecule has 2 rings (SSSR count). The first-order valence-electron chi connectivity index (χ1n) is 7.21. The Bertz CT molecular complexity index is 588. The lowest BCUT2D eigenvalue weighted by Crippen LogP contribution is -2.37. The van der Waals surface area contributed by atoms with Crippen molar-refractivity contribution in [2.75, 3.05) is 5.32 Å². The fourth-order valence-corrected chi connectivity index (χ4v) is 2.31. The quantitative estimate of drug-likeness (QED) is 0.882. The normalized spacial score (nSPS) is 11.8. The highest BCUT2D eigenvalue weighted by molar-refractivity contribution is 5.84. The number of nitrogens with one attached hydrogen (secondary N) is 2. The molecule has 21 heavy (non-hydrogen) atoms. The number of amides is 1. The monoisotopic (exact) mass is 282 g/mol. The summed E-state index contributed by atoms with van der Waals surface area (Å²) in [7, 11) is 0. The van der Waals surface area contributed by atoms with Gasteiger partial charge in [-0.25, -0.2) is 0 Å². The van der Waals surface area contributed by atoms with E-state index in [1.165, 1.54) is 11.1 Å². The van der Waals surface area contributed by atoms with E-state index in [4.69, 9.17) is 0 Å². The molecule has 0 aliphatic rings. The van der Waals surface area contributed by atoms with Crippen LogP contribution in [0.1, 0.15) is 23.6 Å². The van der Waals surface area contributed by atoms with Crippen LogP contribution in [0.15, 0.2) is 48.5 Å². The molecule has 2 N–H and O–H groups in total. The first-order valence-corrected chi connectivity index (χ1v) is 7.21. The molecule has 0 fully saturated rings. The number of rotatable bonds is 5. The van der Waals surface area contributed by atoms with Crippen molar-refractivity contribution in [1.29, 1.82) is 0 Å². The van der Waals surface area contributed by atoms with E-state index in [9.17, 15) is 4.79 Å². The summed E-state index contributed by atoms with van der Waals surface area (Å²) in [5.74, 6) is -0.00184. The summed E-state index contributed by atoms with van der Waals surface area (Å²) in [6.07, 6.45) is 0. The van der Waals surface area contributed by atoms with Gasteiger partial charge >= 0.3 is 0 Å². The lowest BCUT2D eigenvalue weighted by atomic mass is 10.1. The first kappa shape index (κ1) is 15.1. The van der Waals surface area contributed by atoms with Crippen molar-refractivity contribution in [3.8, 4) is 0 Å². The summed E-state index contributed by atoms with van der Waals surface area (Å²) in [6, 6.07) is 15.9. The van der Waals surface area contributed by atoms with E-state index in [1.807, 2.05) is 49.4 Å². The van der Waals surface area contributed by atoms with Gasteiger partial charge in [0, 0.05) is 12.2 Å². The van der Waals surface area contributed by atoms with Crippen LogP contribution in [-0.2, 0) is 11.3 Å². The van der Waals surface area contributed by atoms with Crippen molar-refractivity contribution in [2.24, 2.45) is 0 Å². The maximum absolute atomic E-state index is 12.1. The Morgan fingerprint density at radius 2 is 1.67 bits per heavy atom. The summed E-state index contributed by atoms with van der Waals surface area (Å²) in [5, 5.41) is 6.19. The van der Waals surface area contributed by atoms with Gasteiger partial charge in [-0.05, 0) is 49.6 Å². The maximum atomic E-state index is 12.1. The fraction of sp³-hybridized carbons (Fsp3) is 0.278. The van der Waals surface area contributed by atoms with Crippen molar-refractivity contribution in [2.45, 2.75) is 33.4 Å². The Morgan fingerprint density at radius 1 is 1.05 bits per heavy atom. The van der Waals surface area contributed by atoms with E-state index in [2.05, 4.69) is 30.5 Å². The minimum absolute atomic E-state index is 0.00184. The molecule has 0 unspecified atom stereocenters. The van der Waals surface area contributed by atoms with Crippen LogP contribution in [0, 0.1) is 13.8 Å². The van der Waals surface area contributed by atoms with Gasteiger partial charge < -0.3 is 10.6 Å². The molecule has 110 valence electrons. The summed E-state index contributed by atoms with van der Waals surface area (Å²) < 4.78 is 0. The minimum atomic E-state index is -0.269. The van der Waals surface area contributed by atoms with Crippen molar-refractivity contribution in [3.63, 3.8) is 0 Å². The zero-order chi connectivity index (χ0) is 15.2. The van der Waals surface area contributed by atoms with Crippen molar-refractivity contribution >= 4 is 11.6 Å². The van der Waals surface area contributed by atoms with Crippen molar-refractivity contribution in [1.82, 2.24) is 5.32 Å². The number of benzene rings is 2. The molecule has 0 heterocycles. The third-order valence-electron chi connectivity index (χ3n) is 3.31. The predicted octanol–water partition coefficient (Wildman–Crippen LogP) is 3.42. The van der Waals surface area contributed by atoms with Gasteiger partial charge in [-0.15, -0.1) is 0 Å². The van der Waals surface area contributed by atoms with Crippen LogP contribution in [0.2, 0.25) is 0 Å². The number of carbonyl (C=O) groups excluding carboxylic acids is 1. The molecular formula is C18H22N2O. The summed E-state index contributed by atoms with van der Waals surface area (Å²) in [6.45, 7) is 6.53. The fourth-order valence-electron chi connectivity index (χ4n) is 2.31. The molecule has 0 aliphatic heterocycles. The number of hydrogen-bond donors (Lipinski definition) is 2. The average Bonchev–Trinajstić information content (AvgIpc) is 2.44. The van der Waals surface area contributed by atoms with Crippen LogP contribution in [0.5, 0.6) is 0 Å². The Hall–Kier alpha value is -2.29. The summed E-state index contributed by atoms with van der Waals surface area (Å²) in [4.78, 5) is 12.1. The van der Waals surface area contributed by atoms with E-state index in [0.717, 1.165) is 11.3 Å². The Balaban J connectivity index is 1.90. The molecule has 0 saturated carbocycles. The standard InChI is InChI=1S/C18H22N2O/c1-13-9-14(2)11-17(10-13)20-15(3)18(21)19-12-16-7-5-4-6-8-16/h4-11,15,20H,12H2,1-3H3,(H,19,21)/t15-/m0/s1. The Kier molecular flexibility index (Phi) is 4.99. The van der Waals surface area contributed by atoms with Gasteiger partial charge in [0.25, 0.3) is 0 Å². The van der Waals surface area contributed by atoms with Crippen LogP contribution in [0.4, 0.5) is 5.69 Å². The molecule has 0 spiro atoms. The highest BCUT2D eigenvalue weighted by Crippen LogP contribution is 2.14. The third-order valence-corrected chi connectivity index (χ3v) is 3.31. The highest BCUT2D eigenvalue weighted by Gasteiger charge is 2.12. The van der Waals surface area contributed by atoms with E-state index in [1.54, 1.807) is 0 Å². The lowest BCUT2D eigenvalue weighted by Gasteiger charge is -2.16. The molecule has 0 saturated heterocycles. The molecule has 0 aromatic heterocycles. The second-order valence-corrected chi connectivity index (χ2v) is 5.45. The minimum Gasteiger partial charge on any atom is -0.374 e. The second kappa shape index (κ2) is 6.93. The SMILES string of the molecule is Cc1cc(C)cc(N[C@@H](C)C(=O)NCc2ccccc2)c1. The maximum Gasteiger partial charge on any atom is 0.242 e. The summed E-state index contributed by atoms with van der Waals surface area (Å²) in [5.41, 5.74) is 4.46.